The molecule has 26 heavy (non-hydrogen) atoms. The fourth-order valence-electron chi connectivity index (χ4n) is 3.91. The fraction of sp³-hybridized carbons (Fsp3) is 0.842. The van der Waals surface area contributed by atoms with Crippen molar-refractivity contribution in [3.63, 3.8) is 0 Å². The van der Waals surface area contributed by atoms with Crippen LogP contribution in [0.1, 0.15) is 76.4 Å². The summed E-state index contributed by atoms with van der Waals surface area (Å²) in [5.74, 6) is 3.68. The number of hydrogen-bond donors (Lipinski definition) is 2. The molecule has 3 rings (SSSR count). The van der Waals surface area contributed by atoms with E-state index in [4.69, 9.17) is 4.99 Å². The molecular formula is C19H35IN6. The number of aliphatic imine (C=N–C) groups is 1. The monoisotopic (exact) mass is 474 g/mol. The van der Waals surface area contributed by atoms with Crippen LogP contribution in [0.15, 0.2) is 4.99 Å². The Kier molecular flexibility index (Phi) is 8.63. The molecule has 0 aromatic carbocycles. The molecule has 1 aromatic heterocycles. The number of aryl methyl sites for hydroxylation is 1. The van der Waals surface area contributed by atoms with E-state index in [2.05, 4.69) is 27.8 Å². The maximum atomic E-state index is 4.85. The lowest BCUT2D eigenvalue weighted by molar-refractivity contribution is 0.326. The molecule has 6 nitrogen and oxygen atoms in total. The second-order valence-electron chi connectivity index (χ2n) is 7.97. The summed E-state index contributed by atoms with van der Waals surface area (Å²) in [7, 11) is 2.00. The molecule has 2 aliphatic carbocycles. The molecule has 0 bridgehead atoms. The third-order valence-corrected chi connectivity index (χ3v) is 5.86. The van der Waals surface area contributed by atoms with Gasteiger partial charge in [-0.25, -0.2) is 4.99 Å². The highest BCUT2D eigenvalue weighted by Gasteiger charge is 2.21. The van der Waals surface area contributed by atoms with Crippen molar-refractivity contribution in [2.45, 2.75) is 90.3 Å². The third kappa shape index (κ3) is 6.09. The first kappa shape index (κ1) is 21.4. The average molecular weight is 474 g/mol. The minimum atomic E-state index is 0. The fourth-order valence-corrected chi connectivity index (χ4v) is 3.91. The molecule has 0 unspecified atom stereocenters. The summed E-state index contributed by atoms with van der Waals surface area (Å²) in [6.07, 6.45) is 11.7. The Morgan fingerprint density at radius 1 is 1.00 bits per heavy atom. The normalized spacial score (nSPS) is 24.8. The number of halogens is 1. The summed E-state index contributed by atoms with van der Waals surface area (Å²) in [4.78, 5) is 4.85. The first-order valence-electron chi connectivity index (χ1n) is 10.0. The van der Waals surface area contributed by atoms with Crippen molar-refractivity contribution in [1.29, 1.82) is 0 Å². The van der Waals surface area contributed by atoms with Gasteiger partial charge >= 0.3 is 0 Å². The molecule has 1 aromatic rings. The summed E-state index contributed by atoms with van der Waals surface area (Å²) in [5, 5.41) is 15.8. The molecule has 2 saturated carbocycles. The van der Waals surface area contributed by atoms with E-state index in [1.165, 1.54) is 57.8 Å². The summed E-state index contributed by atoms with van der Waals surface area (Å²) < 4.78 is 2.02. The van der Waals surface area contributed by atoms with Crippen molar-refractivity contribution in [2.75, 3.05) is 0 Å². The zero-order chi connectivity index (χ0) is 17.6. The Hall–Kier alpha value is -0.860. The number of hydrogen-bond acceptors (Lipinski definition) is 3. The number of aromatic nitrogens is 3. The highest BCUT2D eigenvalue weighted by molar-refractivity contribution is 14.0. The summed E-state index contributed by atoms with van der Waals surface area (Å²) in [6.45, 7) is 4.91. The van der Waals surface area contributed by atoms with Gasteiger partial charge in [0.2, 0.25) is 0 Å². The van der Waals surface area contributed by atoms with Crippen LogP contribution < -0.4 is 10.6 Å². The maximum Gasteiger partial charge on any atom is 0.192 e. The van der Waals surface area contributed by atoms with E-state index in [1.807, 2.05) is 18.5 Å². The molecule has 2 fully saturated rings. The standard InChI is InChI=1S/C19H34N6.HI/c1-14-9-11-17(12-10-14)22-19(21-16-7-5-4-6-8-16)20-13-18-24-23-15(2)25(18)3;/h14,16-17H,4-13H2,1-3H3,(H2,20,21,22);1H. The number of guanidine groups is 1. The smallest absolute Gasteiger partial charge is 0.192 e. The number of nitrogens with zero attached hydrogens (tertiary/aromatic N) is 4. The van der Waals surface area contributed by atoms with E-state index in [9.17, 15) is 0 Å². The number of nitrogens with one attached hydrogen (secondary N) is 2. The van der Waals surface area contributed by atoms with E-state index >= 15 is 0 Å². The first-order valence-corrected chi connectivity index (χ1v) is 10.0. The van der Waals surface area contributed by atoms with E-state index in [0.717, 1.165) is 23.5 Å². The van der Waals surface area contributed by atoms with Gasteiger partial charge in [-0.3, -0.25) is 0 Å². The Bertz CT molecular complexity index is 571. The molecule has 0 atom stereocenters. The predicted molar refractivity (Wildman–Crippen MR) is 117 cm³/mol. The van der Waals surface area contributed by atoms with Crippen molar-refractivity contribution >= 4 is 29.9 Å². The molecule has 2 N–H and O–H groups in total. The Morgan fingerprint density at radius 3 is 2.19 bits per heavy atom. The average Bonchev–Trinajstić information content (AvgIpc) is 2.94. The number of rotatable bonds is 4. The molecule has 148 valence electrons. The molecule has 0 aliphatic heterocycles. The molecule has 0 amide bonds. The van der Waals surface area contributed by atoms with Crippen LogP contribution in [-0.2, 0) is 13.6 Å². The molecule has 0 spiro atoms. The van der Waals surface area contributed by atoms with Gasteiger partial charge < -0.3 is 15.2 Å². The predicted octanol–water partition coefficient (Wildman–Crippen LogP) is 3.69. The highest BCUT2D eigenvalue weighted by Crippen LogP contribution is 2.23. The van der Waals surface area contributed by atoms with Gasteiger partial charge in [-0.1, -0.05) is 26.2 Å². The van der Waals surface area contributed by atoms with Crippen LogP contribution in [-0.4, -0.2) is 32.8 Å². The van der Waals surface area contributed by atoms with Crippen LogP contribution in [0.4, 0.5) is 0 Å². The van der Waals surface area contributed by atoms with Gasteiger partial charge in [0.25, 0.3) is 0 Å². The van der Waals surface area contributed by atoms with Crippen LogP contribution in [0.3, 0.4) is 0 Å². The molecule has 7 heteroatoms. The zero-order valence-electron chi connectivity index (χ0n) is 16.5. The van der Waals surface area contributed by atoms with Gasteiger partial charge in [0.15, 0.2) is 11.8 Å². The lowest BCUT2D eigenvalue weighted by atomic mass is 9.87. The summed E-state index contributed by atoms with van der Waals surface area (Å²) in [6, 6.07) is 1.11. The van der Waals surface area contributed by atoms with Crippen molar-refractivity contribution in [2.24, 2.45) is 18.0 Å². The van der Waals surface area contributed by atoms with E-state index < -0.39 is 0 Å². The van der Waals surface area contributed by atoms with Crippen molar-refractivity contribution in [1.82, 2.24) is 25.4 Å². The molecule has 1 heterocycles. The van der Waals surface area contributed by atoms with Crippen LogP contribution in [0.2, 0.25) is 0 Å². The maximum absolute atomic E-state index is 4.85. The molecule has 0 radical (unpaired) electrons. The van der Waals surface area contributed by atoms with Crippen molar-refractivity contribution in [3.8, 4) is 0 Å². The molecule has 2 aliphatic rings. The summed E-state index contributed by atoms with van der Waals surface area (Å²) in [5.41, 5.74) is 0. The van der Waals surface area contributed by atoms with E-state index in [-0.39, 0.29) is 24.0 Å². The van der Waals surface area contributed by atoms with Gasteiger partial charge in [0, 0.05) is 19.1 Å². The van der Waals surface area contributed by atoms with Crippen molar-refractivity contribution < 1.29 is 0 Å². The van der Waals surface area contributed by atoms with Gasteiger partial charge in [0.1, 0.15) is 12.4 Å². The van der Waals surface area contributed by atoms with Crippen LogP contribution in [0, 0.1) is 12.8 Å². The lowest BCUT2D eigenvalue weighted by Gasteiger charge is -2.31. The minimum Gasteiger partial charge on any atom is -0.354 e. The third-order valence-electron chi connectivity index (χ3n) is 5.86. The second kappa shape index (κ2) is 10.5. The van der Waals surface area contributed by atoms with Crippen LogP contribution in [0.5, 0.6) is 0 Å². The molecule has 0 saturated heterocycles. The first-order chi connectivity index (χ1) is 12.1. The Labute approximate surface area is 175 Å². The SMILES string of the molecule is Cc1nnc(CN=C(NC2CCCCC2)NC2CCC(C)CC2)n1C.I. The van der Waals surface area contributed by atoms with E-state index in [1.54, 1.807) is 0 Å². The van der Waals surface area contributed by atoms with Gasteiger partial charge in [0.05, 0.1) is 0 Å². The lowest BCUT2D eigenvalue weighted by Crippen LogP contribution is -2.48. The Balaban J connectivity index is 0.00000243. The van der Waals surface area contributed by atoms with E-state index in [0.29, 0.717) is 18.6 Å². The van der Waals surface area contributed by atoms with Gasteiger partial charge in [-0.2, -0.15) is 0 Å². The van der Waals surface area contributed by atoms with Gasteiger partial charge in [-0.15, -0.1) is 34.2 Å². The minimum absolute atomic E-state index is 0. The van der Waals surface area contributed by atoms with Crippen molar-refractivity contribution in [3.05, 3.63) is 11.6 Å². The molecular weight excluding hydrogens is 439 g/mol. The quantitative estimate of drug-likeness (QED) is 0.397. The van der Waals surface area contributed by atoms with Crippen LogP contribution in [0.25, 0.3) is 0 Å². The highest BCUT2D eigenvalue weighted by atomic mass is 127. The van der Waals surface area contributed by atoms with Gasteiger partial charge in [-0.05, 0) is 51.4 Å². The topological polar surface area (TPSA) is 67.1 Å². The largest absolute Gasteiger partial charge is 0.354 e. The van der Waals surface area contributed by atoms with Crippen LogP contribution >= 0.6 is 24.0 Å². The summed E-state index contributed by atoms with van der Waals surface area (Å²) >= 11 is 0. The Morgan fingerprint density at radius 2 is 1.62 bits per heavy atom. The zero-order valence-corrected chi connectivity index (χ0v) is 18.8. The second-order valence-corrected chi connectivity index (χ2v) is 7.97.